The molecule has 0 saturated carbocycles. The van der Waals surface area contributed by atoms with Gasteiger partial charge >= 0.3 is 6.18 Å². The minimum absolute atomic E-state index is 0.932. The Balaban J connectivity index is 4.55. The Bertz CT molecular complexity index is 212. The summed E-state index contributed by atoms with van der Waals surface area (Å²) in [5.74, 6) is 0. The van der Waals surface area contributed by atoms with E-state index in [0.29, 0.717) is 0 Å². The van der Waals surface area contributed by atoms with Gasteiger partial charge in [0.15, 0.2) is 0 Å². The molecule has 0 heterocycles. The highest BCUT2D eigenvalue weighted by molar-refractivity contribution is 5.34. The number of halogens is 4. The van der Waals surface area contributed by atoms with E-state index in [0.717, 1.165) is 19.9 Å². The van der Waals surface area contributed by atoms with Gasteiger partial charge in [0.1, 0.15) is 11.7 Å². The summed E-state index contributed by atoms with van der Waals surface area (Å²) in [7, 11) is 0. The van der Waals surface area contributed by atoms with Crippen molar-refractivity contribution in [1.29, 1.82) is 0 Å². The van der Waals surface area contributed by atoms with Crippen LogP contribution in [0.25, 0.3) is 0 Å². The van der Waals surface area contributed by atoms with Crippen LogP contribution in [-0.2, 0) is 4.79 Å². The van der Waals surface area contributed by atoms with Crippen LogP contribution in [0.1, 0.15) is 20.3 Å². The second-order valence-corrected chi connectivity index (χ2v) is 3.12. The van der Waals surface area contributed by atoms with Crippen LogP contribution < -0.4 is 0 Å². The Morgan fingerprint density at radius 3 is 2.00 bits per heavy atom. The molecule has 0 aliphatic carbocycles. The first-order valence-electron chi connectivity index (χ1n) is 3.49. The number of hydrogen-bond acceptors (Lipinski definition) is 2. The fraction of sp³-hybridized carbons (Fsp3) is 0.857. The van der Waals surface area contributed by atoms with Crippen LogP contribution in [0.15, 0.2) is 4.99 Å². The molecule has 0 amide bonds. The van der Waals surface area contributed by atoms with E-state index in [2.05, 4.69) is 4.99 Å². The molecule has 0 aromatic heterocycles. The van der Waals surface area contributed by atoms with Gasteiger partial charge < -0.3 is 0 Å². The van der Waals surface area contributed by atoms with Gasteiger partial charge in [0, 0.05) is 0 Å². The molecule has 0 rings (SSSR count). The monoisotopic (exact) mass is 199 g/mol. The summed E-state index contributed by atoms with van der Waals surface area (Å²) < 4.78 is 48.4. The van der Waals surface area contributed by atoms with E-state index in [1.165, 1.54) is 0 Å². The molecule has 6 heteroatoms. The van der Waals surface area contributed by atoms with Crippen LogP contribution in [0, 0.1) is 0 Å². The third kappa shape index (κ3) is 5.36. The third-order valence-electron chi connectivity index (χ3n) is 1.43. The van der Waals surface area contributed by atoms with Crippen molar-refractivity contribution in [2.24, 2.45) is 4.99 Å². The molecule has 2 nitrogen and oxygen atoms in total. The highest BCUT2D eigenvalue weighted by Gasteiger charge is 2.39. The van der Waals surface area contributed by atoms with Crippen LogP contribution in [0.3, 0.4) is 0 Å². The second kappa shape index (κ2) is 3.87. The molecule has 0 aliphatic rings. The van der Waals surface area contributed by atoms with Crippen molar-refractivity contribution in [2.75, 3.05) is 0 Å². The maximum atomic E-state index is 13.0. The van der Waals surface area contributed by atoms with Gasteiger partial charge in [0.25, 0.3) is 0 Å². The molecule has 0 bridgehead atoms. The molecule has 0 saturated heterocycles. The van der Waals surface area contributed by atoms with Gasteiger partial charge in [-0.3, -0.25) is 0 Å². The quantitative estimate of drug-likeness (QED) is 0.390. The first-order valence-corrected chi connectivity index (χ1v) is 3.49. The molecular weight excluding hydrogens is 190 g/mol. The SMILES string of the molecule is CC(C)(F)C(CC(F)(F)F)N=C=O. The summed E-state index contributed by atoms with van der Waals surface area (Å²) in [5.41, 5.74) is -2.17. The maximum absolute atomic E-state index is 13.0. The van der Waals surface area contributed by atoms with E-state index in [9.17, 15) is 22.4 Å². The Kier molecular flexibility index (Phi) is 3.60. The lowest BCUT2D eigenvalue weighted by Crippen LogP contribution is -2.34. The number of aliphatic imine (C=N–C) groups is 1. The van der Waals surface area contributed by atoms with Gasteiger partial charge in [-0.15, -0.1) is 0 Å². The standard InChI is InChI=1S/C7H9F4NO/c1-6(2,8)5(12-4-13)3-7(9,10)11/h5H,3H2,1-2H3. The van der Waals surface area contributed by atoms with Crippen LogP contribution in [0.2, 0.25) is 0 Å². The smallest absolute Gasteiger partial charge is 0.242 e. The highest BCUT2D eigenvalue weighted by Crippen LogP contribution is 2.29. The van der Waals surface area contributed by atoms with E-state index in [-0.39, 0.29) is 0 Å². The van der Waals surface area contributed by atoms with Crippen molar-refractivity contribution in [3.8, 4) is 0 Å². The van der Waals surface area contributed by atoms with Crippen molar-refractivity contribution in [2.45, 2.75) is 38.2 Å². The third-order valence-corrected chi connectivity index (χ3v) is 1.43. The zero-order chi connectivity index (χ0) is 10.7. The van der Waals surface area contributed by atoms with Gasteiger partial charge in [0.2, 0.25) is 6.08 Å². The summed E-state index contributed by atoms with van der Waals surface area (Å²) in [4.78, 5) is 12.5. The van der Waals surface area contributed by atoms with Crippen molar-refractivity contribution in [3.05, 3.63) is 0 Å². The lowest BCUT2D eigenvalue weighted by atomic mass is 9.98. The van der Waals surface area contributed by atoms with E-state index in [4.69, 9.17) is 0 Å². The number of hydrogen-bond donors (Lipinski definition) is 0. The zero-order valence-electron chi connectivity index (χ0n) is 7.15. The predicted molar refractivity (Wildman–Crippen MR) is 37.8 cm³/mol. The molecular formula is C7H9F4NO. The molecule has 0 spiro atoms. The van der Waals surface area contributed by atoms with Crippen LogP contribution in [0.4, 0.5) is 17.6 Å². The average molecular weight is 199 g/mol. The maximum Gasteiger partial charge on any atom is 0.391 e. The summed E-state index contributed by atoms with van der Waals surface area (Å²) in [6.07, 6.45) is -5.05. The molecule has 76 valence electrons. The Hall–Kier alpha value is -0.900. The van der Waals surface area contributed by atoms with Gasteiger partial charge in [-0.05, 0) is 13.8 Å². The average Bonchev–Trinajstić information content (AvgIpc) is 1.81. The normalized spacial score (nSPS) is 14.9. The fourth-order valence-electron chi connectivity index (χ4n) is 0.725. The van der Waals surface area contributed by atoms with Crippen molar-refractivity contribution in [1.82, 2.24) is 0 Å². The largest absolute Gasteiger partial charge is 0.391 e. The molecule has 0 N–H and O–H groups in total. The number of isocyanates is 1. The number of rotatable bonds is 3. The predicted octanol–water partition coefficient (Wildman–Crippen LogP) is 2.39. The summed E-state index contributed by atoms with van der Waals surface area (Å²) in [6.45, 7) is 1.87. The summed E-state index contributed by atoms with van der Waals surface area (Å²) >= 11 is 0. The molecule has 0 aliphatic heterocycles. The number of carbonyl (C=O) groups excluding carboxylic acids is 1. The van der Waals surface area contributed by atoms with Crippen LogP contribution in [0.5, 0.6) is 0 Å². The summed E-state index contributed by atoms with van der Waals surface area (Å²) in [5, 5.41) is 0. The minimum atomic E-state index is -4.53. The molecule has 13 heavy (non-hydrogen) atoms. The summed E-state index contributed by atoms with van der Waals surface area (Å²) in [6, 6.07) is -1.72. The molecule has 0 aromatic rings. The van der Waals surface area contributed by atoms with E-state index >= 15 is 0 Å². The zero-order valence-corrected chi connectivity index (χ0v) is 7.15. The molecule has 0 radical (unpaired) electrons. The lowest BCUT2D eigenvalue weighted by Gasteiger charge is -2.22. The molecule has 1 atom stereocenters. The topological polar surface area (TPSA) is 29.4 Å². The second-order valence-electron chi connectivity index (χ2n) is 3.12. The first-order chi connectivity index (χ1) is 5.67. The van der Waals surface area contributed by atoms with Gasteiger partial charge in [0.05, 0.1) is 6.42 Å². The Morgan fingerprint density at radius 2 is 1.77 bits per heavy atom. The lowest BCUT2D eigenvalue weighted by molar-refractivity contribution is -0.144. The Morgan fingerprint density at radius 1 is 1.31 bits per heavy atom. The molecule has 0 aromatic carbocycles. The van der Waals surface area contributed by atoms with Gasteiger partial charge in [-0.25, -0.2) is 9.18 Å². The Labute approximate surface area is 72.6 Å². The van der Waals surface area contributed by atoms with E-state index in [1.54, 1.807) is 0 Å². The van der Waals surface area contributed by atoms with Gasteiger partial charge in [-0.2, -0.15) is 18.2 Å². The fourth-order valence-corrected chi connectivity index (χ4v) is 0.725. The van der Waals surface area contributed by atoms with Gasteiger partial charge in [-0.1, -0.05) is 0 Å². The molecule has 0 fully saturated rings. The van der Waals surface area contributed by atoms with Crippen LogP contribution >= 0.6 is 0 Å². The van der Waals surface area contributed by atoms with Crippen molar-refractivity contribution in [3.63, 3.8) is 0 Å². The van der Waals surface area contributed by atoms with Crippen LogP contribution in [-0.4, -0.2) is 24.0 Å². The van der Waals surface area contributed by atoms with Crippen molar-refractivity contribution >= 4 is 6.08 Å². The van der Waals surface area contributed by atoms with E-state index in [1.807, 2.05) is 0 Å². The molecule has 1 unspecified atom stereocenters. The minimum Gasteiger partial charge on any atom is -0.242 e. The van der Waals surface area contributed by atoms with E-state index < -0.39 is 24.3 Å². The number of alkyl halides is 4. The first kappa shape index (κ1) is 12.1. The number of nitrogens with zero attached hydrogens (tertiary/aromatic N) is 1. The van der Waals surface area contributed by atoms with Crippen molar-refractivity contribution < 1.29 is 22.4 Å². The highest BCUT2D eigenvalue weighted by atomic mass is 19.4.